The molecule has 0 atom stereocenters. The van der Waals surface area contributed by atoms with Crippen LogP contribution < -0.4 is 10.5 Å². The highest BCUT2D eigenvalue weighted by Gasteiger charge is 2.24. The Bertz CT molecular complexity index is 1270. The number of H-pyrrole nitrogens is 1. The molecule has 0 aromatic heterocycles. The Morgan fingerprint density at radius 2 is 1.70 bits per heavy atom. The molecule has 3 heterocycles. The van der Waals surface area contributed by atoms with Gasteiger partial charge in [-0.25, -0.2) is 0 Å². The Kier molecular flexibility index (Phi) is 4.44. The third-order valence-electron chi connectivity index (χ3n) is 5.53. The number of aryl methyl sites for hydroxylation is 1. The van der Waals surface area contributed by atoms with Crippen LogP contribution in [-0.4, -0.2) is 27.2 Å². The van der Waals surface area contributed by atoms with Crippen molar-refractivity contribution in [3.8, 4) is 28.1 Å². The lowest BCUT2D eigenvalue weighted by Gasteiger charge is -2.16. The average molecular weight is 419 g/mol. The van der Waals surface area contributed by atoms with Gasteiger partial charge in [-0.3, -0.25) is 9.59 Å². The van der Waals surface area contributed by atoms with E-state index in [1.165, 1.54) is 4.68 Å². The van der Waals surface area contributed by atoms with Crippen molar-refractivity contribution in [1.82, 2.24) is 14.8 Å². The molecule has 1 saturated heterocycles. The summed E-state index contributed by atoms with van der Waals surface area (Å²) in [6, 6.07) is 14.9. The molecular weight excluding hydrogens is 400 g/mol. The summed E-state index contributed by atoms with van der Waals surface area (Å²) >= 11 is 5.98. The van der Waals surface area contributed by atoms with Crippen molar-refractivity contribution in [2.45, 2.75) is 19.8 Å². The number of carbonyl (C=O) groups excluding carboxylic acids is 1. The van der Waals surface area contributed by atoms with Gasteiger partial charge in [-0.15, -0.1) is 0 Å². The first kappa shape index (κ1) is 18.6. The predicted molar refractivity (Wildman–Crippen MR) is 118 cm³/mol. The minimum Gasteiger partial charge on any atom is -0.364 e. The molecular formula is C23H19ClN4O2. The van der Waals surface area contributed by atoms with Crippen LogP contribution >= 0.6 is 11.6 Å². The van der Waals surface area contributed by atoms with E-state index in [1.54, 1.807) is 30.5 Å². The molecule has 0 radical (unpaired) electrons. The summed E-state index contributed by atoms with van der Waals surface area (Å²) in [5.41, 5.74) is 5.23. The van der Waals surface area contributed by atoms with Crippen molar-refractivity contribution < 1.29 is 4.79 Å². The minimum absolute atomic E-state index is 0.159. The maximum atomic E-state index is 13.0. The van der Waals surface area contributed by atoms with E-state index in [1.807, 2.05) is 36.1 Å². The molecule has 0 spiro atoms. The minimum atomic E-state index is -0.191. The van der Waals surface area contributed by atoms with Gasteiger partial charge in [0.15, 0.2) is 0 Å². The molecule has 1 fully saturated rings. The second-order valence-corrected chi connectivity index (χ2v) is 7.88. The van der Waals surface area contributed by atoms with E-state index in [4.69, 9.17) is 11.6 Å². The zero-order valence-corrected chi connectivity index (χ0v) is 17.1. The molecule has 0 unspecified atom stereocenters. The van der Waals surface area contributed by atoms with Crippen LogP contribution in [-0.2, 0) is 4.79 Å². The largest absolute Gasteiger partial charge is 0.364 e. The predicted octanol–water partition coefficient (Wildman–Crippen LogP) is 4.42. The van der Waals surface area contributed by atoms with Gasteiger partial charge in [-0.2, -0.15) is 9.78 Å². The Labute approximate surface area is 178 Å². The average Bonchev–Trinajstić information content (AvgIpc) is 3.32. The lowest BCUT2D eigenvalue weighted by Crippen LogP contribution is -2.23. The van der Waals surface area contributed by atoms with E-state index in [0.29, 0.717) is 28.4 Å². The zero-order chi connectivity index (χ0) is 20.8. The van der Waals surface area contributed by atoms with Gasteiger partial charge >= 0.3 is 0 Å². The first-order valence-corrected chi connectivity index (χ1v) is 10.2. The van der Waals surface area contributed by atoms with Gasteiger partial charge in [0.1, 0.15) is 5.69 Å². The van der Waals surface area contributed by atoms with Crippen LogP contribution in [0.25, 0.3) is 28.1 Å². The van der Waals surface area contributed by atoms with Crippen LogP contribution in [0.15, 0.2) is 59.5 Å². The van der Waals surface area contributed by atoms with Crippen LogP contribution in [0, 0.1) is 6.92 Å². The number of pyridine rings is 1. The molecule has 0 aliphatic carbocycles. The Morgan fingerprint density at radius 1 is 1.00 bits per heavy atom. The fourth-order valence-corrected chi connectivity index (χ4v) is 4.13. The molecule has 3 aliphatic heterocycles. The van der Waals surface area contributed by atoms with Crippen LogP contribution in [0.5, 0.6) is 0 Å². The number of hydrogen-bond acceptors (Lipinski definition) is 3. The van der Waals surface area contributed by atoms with Crippen LogP contribution in [0.2, 0.25) is 5.02 Å². The second-order valence-electron chi connectivity index (χ2n) is 7.44. The van der Waals surface area contributed by atoms with Gasteiger partial charge < -0.3 is 9.88 Å². The third-order valence-corrected chi connectivity index (χ3v) is 5.79. The SMILES string of the molecule is Cc1[nH]cc2c(=O)n(-c3ccc(Cl)cc3)nc-2c1-c1ccc(N2CCCC2=O)cc1. The van der Waals surface area contributed by atoms with E-state index >= 15 is 0 Å². The molecule has 1 N–H and O–H groups in total. The molecule has 0 bridgehead atoms. The molecule has 2 aromatic rings. The molecule has 3 aliphatic rings. The summed E-state index contributed by atoms with van der Waals surface area (Å²) in [5, 5.41) is 5.24. The van der Waals surface area contributed by atoms with Gasteiger partial charge in [0.2, 0.25) is 5.91 Å². The maximum Gasteiger partial charge on any atom is 0.282 e. The highest BCUT2D eigenvalue weighted by atomic mass is 35.5. The lowest BCUT2D eigenvalue weighted by molar-refractivity contribution is -0.117. The highest BCUT2D eigenvalue weighted by molar-refractivity contribution is 6.30. The van der Waals surface area contributed by atoms with E-state index in [9.17, 15) is 9.59 Å². The van der Waals surface area contributed by atoms with Crippen molar-refractivity contribution in [2.24, 2.45) is 0 Å². The van der Waals surface area contributed by atoms with E-state index < -0.39 is 0 Å². The number of halogens is 1. The second kappa shape index (κ2) is 7.15. The summed E-state index contributed by atoms with van der Waals surface area (Å²) < 4.78 is 1.40. The Morgan fingerprint density at radius 3 is 2.37 bits per heavy atom. The quantitative estimate of drug-likeness (QED) is 0.535. The summed E-state index contributed by atoms with van der Waals surface area (Å²) in [5.74, 6) is 0.159. The number of nitrogens with zero attached hydrogens (tertiary/aromatic N) is 3. The van der Waals surface area contributed by atoms with Gasteiger partial charge in [-0.1, -0.05) is 23.7 Å². The van der Waals surface area contributed by atoms with Gasteiger partial charge in [0.25, 0.3) is 5.56 Å². The number of anilines is 1. The highest BCUT2D eigenvalue weighted by Crippen LogP contribution is 2.34. The topological polar surface area (TPSA) is 71.0 Å². The zero-order valence-electron chi connectivity index (χ0n) is 16.4. The van der Waals surface area contributed by atoms with Crippen LogP contribution in [0.4, 0.5) is 5.69 Å². The third kappa shape index (κ3) is 3.00. The number of carbonyl (C=O) groups is 1. The summed E-state index contributed by atoms with van der Waals surface area (Å²) in [6.45, 7) is 2.71. The van der Waals surface area contributed by atoms with E-state index in [0.717, 1.165) is 35.5 Å². The lowest BCUT2D eigenvalue weighted by atomic mass is 9.98. The number of nitrogens with one attached hydrogen (secondary N) is 1. The fourth-order valence-electron chi connectivity index (χ4n) is 4.00. The van der Waals surface area contributed by atoms with Crippen molar-refractivity contribution in [2.75, 3.05) is 11.4 Å². The number of rotatable bonds is 3. The Balaban J connectivity index is 1.61. The van der Waals surface area contributed by atoms with Crippen LogP contribution in [0.3, 0.4) is 0 Å². The van der Waals surface area contributed by atoms with Crippen molar-refractivity contribution in [1.29, 1.82) is 0 Å². The molecule has 2 aromatic carbocycles. The maximum absolute atomic E-state index is 13.0. The molecule has 5 rings (SSSR count). The first-order valence-electron chi connectivity index (χ1n) is 9.81. The first-order chi connectivity index (χ1) is 14.5. The molecule has 7 heteroatoms. The summed E-state index contributed by atoms with van der Waals surface area (Å²) in [4.78, 5) is 30.0. The van der Waals surface area contributed by atoms with Crippen molar-refractivity contribution in [3.05, 3.63) is 75.8 Å². The summed E-state index contributed by atoms with van der Waals surface area (Å²) in [7, 11) is 0. The van der Waals surface area contributed by atoms with Crippen molar-refractivity contribution in [3.63, 3.8) is 0 Å². The van der Waals surface area contributed by atoms with Crippen LogP contribution in [0.1, 0.15) is 18.5 Å². The molecule has 0 saturated carbocycles. The number of hydrogen-bond donors (Lipinski definition) is 1. The Hall–Kier alpha value is -3.38. The molecule has 6 nitrogen and oxygen atoms in total. The number of amides is 1. The number of aromatic nitrogens is 3. The standard InChI is InChI=1S/C23H19ClN4O2/c1-14-21(15-4-8-17(9-5-15)27-12-2-3-20(27)29)22-19(13-25-14)23(30)28(26-22)18-10-6-16(24)7-11-18/h4-11,13,25H,2-3,12H2,1H3. The van der Waals surface area contributed by atoms with Gasteiger partial charge in [-0.05, 0) is 55.3 Å². The van der Waals surface area contributed by atoms with E-state index in [2.05, 4.69) is 10.1 Å². The van der Waals surface area contributed by atoms with Gasteiger partial charge in [0, 0.05) is 41.1 Å². The number of aromatic amines is 1. The molecule has 30 heavy (non-hydrogen) atoms. The molecule has 150 valence electrons. The van der Waals surface area contributed by atoms with Crippen molar-refractivity contribution >= 4 is 23.2 Å². The fraction of sp³-hybridized carbons (Fsp3) is 0.174. The number of fused-ring (bicyclic) bond motifs is 1. The normalized spacial score (nSPS) is 14.1. The monoisotopic (exact) mass is 418 g/mol. The number of benzene rings is 2. The smallest absolute Gasteiger partial charge is 0.282 e. The summed E-state index contributed by atoms with van der Waals surface area (Å²) in [6.07, 6.45) is 3.19. The molecule has 1 amide bonds. The van der Waals surface area contributed by atoms with E-state index in [-0.39, 0.29) is 11.5 Å². The van der Waals surface area contributed by atoms with Gasteiger partial charge in [0.05, 0.1) is 11.3 Å².